The van der Waals surface area contributed by atoms with E-state index in [2.05, 4.69) is 20.6 Å². The lowest BCUT2D eigenvalue weighted by Crippen LogP contribution is -2.37. The molecule has 11 heteroatoms. The maximum absolute atomic E-state index is 13.5. The zero-order valence-electron chi connectivity index (χ0n) is 18.4. The van der Waals surface area contributed by atoms with E-state index in [4.69, 9.17) is 27.9 Å². The molecule has 0 bridgehead atoms. The van der Waals surface area contributed by atoms with Crippen LogP contribution in [0.5, 0.6) is 0 Å². The van der Waals surface area contributed by atoms with E-state index in [-0.39, 0.29) is 22.5 Å². The third-order valence-electron chi connectivity index (χ3n) is 5.03. The predicted octanol–water partition coefficient (Wildman–Crippen LogP) is 5.74. The Morgan fingerprint density at radius 3 is 2.35 bits per heavy atom. The molecule has 0 saturated carbocycles. The summed E-state index contributed by atoms with van der Waals surface area (Å²) in [5.74, 6) is -0.333. The fourth-order valence-electron chi connectivity index (χ4n) is 3.43. The van der Waals surface area contributed by atoms with E-state index in [9.17, 15) is 9.59 Å². The fraction of sp³-hybridized carbons (Fsp3) is 0.174. The number of thiophene rings is 1. The minimum Gasteiger partial charge on any atom is -0.465 e. The van der Waals surface area contributed by atoms with Crippen LogP contribution in [0.15, 0.2) is 48.5 Å². The van der Waals surface area contributed by atoms with Crippen molar-refractivity contribution in [2.24, 2.45) is 0 Å². The van der Waals surface area contributed by atoms with Crippen LogP contribution in [0.4, 0.5) is 5.69 Å². The lowest BCUT2D eigenvalue weighted by atomic mass is 10.1. The highest BCUT2D eigenvalue weighted by Crippen LogP contribution is 2.39. The second kappa shape index (κ2) is 9.92. The second-order valence-electron chi connectivity index (χ2n) is 7.54. The number of tetrazole rings is 1. The number of rotatable bonds is 6. The number of carbonyl (C=O) groups excluding carboxylic acids is 2. The van der Waals surface area contributed by atoms with E-state index in [0.29, 0.717) is 21.4 Å². The number of aromatic amines is 1. The highest BCUT2D eigenvalue weighted by Gasteiger charge is 2.29. The Bertz CT molecular complexity index is 1340. The molecule has 2 aromatic heterocycles. The molecule has 4 rings (SSSR count). The fourth-order valence-corrected chi connectivity index (χ4v) is 4.99. The molecule has 2 aromatic carbocycles. The summed E-state index contributed by atoms with van der Waals surface area (Å²) in [4.78, 5) is 28.8. The van der Waals surface area contributed by atoms with Crippen LogP contribution < -0.4 is 4.90 Å². The van der Waals surface area contributed by atoms with E-state index in [1.807, 2.05) is 44.2 Å². The third-order valence-corrected chi connectivity index (χ3v) is 6.73. The minimum atomic E-state index is -0.531. The van der Waals surface area contributed by atoms with Crippen LogP contribution in [0.2, 0.25) is 10.0 Å². The van der Waals surface area contributed by atoms with Gasteiger partial charge in [0.15, 0.2) is 5.82 Å². The summed E-state index contributed by atoms with van der Waals surface area (Å²) in [6, 6.07) is 13.8. The number of hydrogen-bond donors (Lipinski definition) is 1. The predicted molar refractivity (Wildman–Crippen MR) is 133 cm³/mol. The normalized spacial score (nSPS) is 11.0. The highest BCUT2D eigenvalue weighted by molar-refractivity contribution is 7.18. The van der Waals surface area contributed by atoms with Crippen LogP contribution in [0, 0.1) is 0 Å². The number of halogens is 2. The minimum absolute atomic E-state index is 0.232. The number of benzene rings is 2. The number of carbonyl (C=O) groups is 2. The van der Waals surface area contributed by atoms with Crippen LogP contribution in [0.3, 0.4) is 0 Å². The van der Waals surface area contributed by atoms with Gasteiger partial charge in [-0.1, -0.05) is 47.5 Å². The number of methoxy groups -OCH3 is 1. The second-order valence-corrected chi connectivity index (χ2v) is 9.43. The van der Waals surface area contributed by atoms with Crippen LogP contribution in [0.1, 0.15) is 33.9 Å². The number of esters is 1. The maximum Gasteiger partial charge on any atom is 0.350 e. The first-order valence-electron chi connectivity index (χ1n) is 10.2. The number of nitrogens with one attached hydrogen (secondary N) is 1. The van der Waals surface area contributed by atoms with Gasteiger partial charge in [0.1, 0.15) is 4.88 Å². The van der Waals surface area contributed by atoms with Gasteiger partial charge in [0.05, 0.1) is 23.4 Å². The number of ether oxygens (including phenoxy) is 1. The zero-order valence-corrected chi connectivity index (χ0v) is 20.7. The van der Waals surface area contributed by atoms with Gasteiger partial charge in [-0.2, -0.15) is 0 Å². The van der Waals surface area contributed by atoms with Crippen molar-refractivity contribution < 1.29 is 14.3 Å². The van der Waals surface area contributed by atoms with Gasteiger partial charge in [0, 0.05) is 21.5 Å². The first-order valence-corrected chi connectivity index (χ1v) is 11.7. The largest absolute Gasteiger partial charge is 0.465 e. The average molecular weight is 516 g/mol. The molecule has 1 amide bonds. The Kier molecular flexibility index (Phi) is 6.97. The SMILES string of the molecule is COC(=O)c1sc(-c2ccc(-c3nnn[nH]3)cc2)cc1N(C(=O)c1ccc(Cl)cc1Cl)C(C)C. The molecule has 8 nitrogen and oxygen atoms in total. The maximum atomic E-state index is 13.5. The Morgan fingerprint density at radius 2 is 1.76 bits per heavy atom. The lowest BCUT2D eigenvalue weighted by molar-refractivity contribution is 0.0607. The first kappa shape index (κ1) is 23.9. The van der Waals surface area contributed by atoms with Gasteiger partial charge in [-0.05, 0) is 54.1 Å². The van der Waals surface area contributed by atoms with E-state index in [1.165, 1.54) is 29.4 Å². The number of amides is 1. The van der Waals surface area contributed by atoms with Crippen molar-refractivity contribution in [3.63, 3.8) is 0 Å². The molecule has 0 fully saturated rings. The first-order chi connectivity index (χ1) is 16.3. The summed E-state index contributed by atoms with van der Waals surface area (Å²) in [5.41, 5.74) is 2.41. The number of nitrogens with zero attached hydrogens (tertiary/aromatic N) is 4. The summed E-state index contributed by atoms with van der Waals surface area (Å²) in [7, 11) is 1.31. The third kappa shape index (κ3) is 4.68. The molecule has 0 aliphatic carbocycles. The average Bonchev–Trinajstić information content (AvgIpc) is 3.49. The molecule has 0 spiro atoms. The van der Waals surface area contributed by atoms with Gasteiger partial charge in [-0.3, -0.25) is 4.79 Å². The van der Waals surface area contributed by atoms with Crippen LogP contribution >= 0.6 is 34.5 Å². The van der Waals surface area contributed by atoms with Gasteiger partial charge in [0.2, 0.25) is 0 Å². The van der Waals surface area contributed by atoms with Gasteiger partial charge in [-0.25, -0.2) is 9.89 Å². The summed E-state index contributed by atoms with van der Waals surface area (Å²) in [6.45, 7) is 3.72. The van der Waals surface area contributed by atoms with Crippen molar-refractivity contribution >= 4 is 52.1 Å². The molecule has 0 radical (unpaired) electrons. The molecule has 34 heavy (non-hydrogen) atoms. The number of H-pyrrole nitrogens is 1. The standard InChI is InChI=1S/C23H19Cl2N5O3S/c1-12(2)30(22(31)16-9-8-15(24)10-17(16)25)18-11-19(34-20(18)23(32)33-3)13-4-6-14(7-5-13)21-26-28-29-27-21/h4-12H,1-3H3,(H,26,27,28,29). The van der Waals surface area contributed by atoms with Crippen molar-refractivity contribution in [3.05, 3.63) is 69.0 Å². The van der Waals surface area contributed by atoms with Crippen LogP contribution in [-0.2, 0) is 4.74 Å². The Balaban J connectivity index is 1.78. The number of aromatic nitrogens is 4. The van der Waals surface area contributed by atoms with Crippen molar-refractivity contribution in [2.45, 2.75) is 19.9 Å². The van der Waals surface area contributed by atoms with Crippen molar-refractivity contribution in [2.75, 3.05) is 12.0 Å². The molecule has 174 valence electrons. The Hall–Kier alpha value is -3.27. The molecule has 4 aromatic rings. The Labute approximate surface area is 209 Å². The quantitative estimate of drug-likeness (QED) is 0.328. The van der Waals surface area contributed by atoms with Gasteiger partial charge in [0.25, 0.3) is 5.91 Å². The lowest BCUT2D eigenvalue weighted by Gasteiger charge is -2.27. The van der Waals surface area contributed by atoms with Crippen molar-refractivity contribution in [1.82, 2.24) is 20.6 Å². The monoisotopic (exact) mass is 515 g/mol. The smallest absolute Gasteiger partial charge is 0.350 e. The molecule has 0 aliphatic heterocycles. The number of anilines is 1. The summed E-state index contributed by atoms with van der Waals surface area (Å²) < 4.78 is 5.01. The van der Waals surface area contributed by atoms with Gasteiger partial charge < -0.3 is 9.64 Å². The van der Waals surface area contributed by atoms with Gasteiger partial charge in [-0.15, -0.1) is 16.4 Å². The highest BCUT2D eigenvalue weighted by atomic mass is 35.5. The van der Waals surface area contributed by atoms with E-state index < -0.39 is 5.97 Å². The molecular formula is C23H19Cl2N5O3S. The molecule has 1 N–H and O–H groups in total. The van der Waals surface area contributed by atoms with Crippen LogP contribution in [-0.4, -0.2) is 45.7 Å². The Morgan fingerprint density at radius 1 is 1.06 bits per heavy atom. The van der Waals surface area contributed by atoms with Crippen LogP contribution in [0.25, 0.3) is 21.8 Å². The van der Waals surface area contributed by atoms with Crippen molar-refractivity contribution in [3.8, 4) is 21.8 Å². The molecule has 2 heterocycles. The molecule has 0 saturated heterocycles. The zero-order chi connectivity index (χ0) is 24.4. The van der Waals surface area contributed by atoms with E-state index >= 15 is 0 Å². The van der Waals surface area contributed by atoms with E-state index in [1.54, 1.807) is 12.1 Å². The summed E-state index contributed by atoms with van der Waals surface area (Å²) >= 11 is 13.6. The summed E-state index contributed by atoms with van der Waals surface area (Å²) in [6.07, 6.45) is 0. The van der Waals surface area contributed by atoms with Crippen molar-refractivity contribution in [1.29, 1.82) is 0 Å². The topological polar surface area (TPSA) is 101 Å². The molecular weight excluding hydrogens is 497 g/mol. The molecule has 0 aliphatic rings. The van der Waals surface area contributed by atoms with E-state index in [0.717, 1.165) is 16.0 Å². The molecule has 0 unspecified atom stereocenters. The number of hydrogen-bond acceptors (Lipinski definition) is 7. The summed E-state index contributed by atoms with van der Waals surface area (Å²) in [5, 5.41) is 14.5. The van der Waals surface area contributed by atoms with Gasteiger partial charge >= 0.3 is 5.97 Å². The molecule has 0 atom stereocenters.